The molecule has 0 bridgehead atoms. The lowest BCUT2D eigenvalue weighted by atomic mass is 9.95. The van der Waals surface area contributed by atoms with Gasteiger partial charge in [0.05, 0.1) is 6.04 Å². The minimum Gasteiger partial charge on any atom is -0.504 e. The van der Waals surface area contributed by atoms with Crippen molar-refractivity contribution in [2.75, 3.05) is 0 Å². The maximum Gasteiger partial charge on any atom is 0.162 e. The minimum absolute atomic E-state index is 0.0816. The monoisotopic (exact) mass is 319 g/mol. The highest BCUT2D eigenvalue weighted by Crippen LogP contribution is 2.36. The molecule has 0 aliphatic carbocycles. The largest absolute Gasteiger partial charge is 0.504 e. The summed E-state index contributed by atoms with van der Waals surface area (Å²) >= 11 is 0. The molecule has 3 N–H and O–H groups in total. The number of aromatic hydroxyl groups is 2. The Hall–Kier alpha value is -2.78. The molecule has 0 heterocycles. The summed E-state index contributed by atoms with van der Waals surface area (Å²) in [5, 5.41) is 23.8. The van der Waals surface area contributed by atoms with Crippen LogP contribution in [-0.2, 0) is 0 Å². The average molecular weight is 319 g/mol. The topological polar surface area (TPSA) is 52.5 Å². The van der Waals surface area contributed by atoms with Crippen LogP contribution in [0.5, 0.6) is 11.5 Å². The van der Waals surface area contributed by atoms with Crippen LogP contribution < -0.4 is 5.32 Å². The van der Waals surface area contributed by atoms with Crippen molar-refractivity contribution in [2.24, 2.45) is 0 Å². The lowest BCUT2D eigenvalue weighted by Gasteiger charge is -2.25. The Bertz CT molecular complexity index is 787. The van der Waals surface area contributed by atoms with Gasteiger partial charge in [0, 0.05) is 11.6 Å². The summed E-state index contributed by atoms with van der Waals surface area (Å²) in [6, 6.07) is 25.0. The number of phenols is 2. The first kappa shape index (κ1) is 16.1. The summed E-state index contributed by atoms with van der Waals surface area (Å²) in [5.74, 6) is -0.193. The van der Waals surface area contributed by atoms with Crippen LogP contribution in [0.25, 0.3) is 0 Å². The zero-order valence-electron chi connectivity index (χ0n) is 13.6. The first-order valence-electron chi connectivity index (χ1n) is 8.03. The summed E-state index contributed by atoms with van der Waals surface area (Å²) in [6.45, 7) is 2.09. The highest BCUT2D eigenvalue weighted by molar-refractivity contribution is 5.49. The van der Waals surface area contributed by atoms with Crippen LogP contribution >= 0.6 is 0 Å². The van der Waals surface area contributed by atoms with E-state index in [-0.39, 0.29) is 23.6 Å². The van der Waals surface area contributed by atoms with Gasteiger partial charge in [0.2, 0.25) is 0 Å². The molecule has 0 fully saturated rings. The molecule has 122 valence electrons. The second-order valence-corrected chi connectivity index (χ2v) is 5.86. The molecule has 3 aromatic carbocycles. The molecule has 0 aliphatic heterocycles. The summed E-state index contributed by atoms with van der Waals surface area (Å²) in [4.78, 5) is 0. The maximum atomic E-state index is 10.3. The van der Waals surface area contributed by atoms with E-state index >= 15 is 0 Å². The number of para-hydroxylation sites is 1. The molecular formula is C21H21NO2. The van der Waals surface area contributed by atoms with Crippen molar-refractivity contribution in [1.29, 1.82) is 0 Å². The number of phenolic OH excluding ortho intramolecular Hbond substituents is 2. The first-order chi connectivity index (χ1) is 11.7. The van der Waals surface area contributed by atoms with Gasteiger partial charge in [-0.3, -0.25) is 5.32 Å². The van der Waals surface area contributed by atoms with E-state index in [1.165, 1.54) is 6.07 Å². The Kier molecular flexibility index (Phi) is 4.82. The molecule has 0 aliphatic rings. The summed E-state index contributed by atoms with van der Waals surface area (Å²) in [6.07, 6.45) is 0. The van der Waals surface area contributed by atoms with E-state index in [1.807, 2.05) is 54.6 Å². The molecule has 3 nitrogen and oxygen atoms in total. The summed E-state index contributed by atoms with van der Waals surface area (Å²) in [7, 11) is 0. The second kappa shape index (κ2) is 7.20. The third-order valence-electron chi connectivity index (χ3n) is 4.21. The van der Waals surface area contributed by atoms with Crippen LogP contribution in [0.15, 0.2) is 78.9 Å². The van der Waals surface area contributed by atoms with Crippen molar-refractivity contribution < 1.29 is 10.2 Å². The van der Waals surface area contributed by atoms with Crippen LogP contribution in [-0.4, -0.2) is 10.2 Å². The highest BCUT2D eigenvalue weighted by Gasteiger charge is 2.21. The fourth-order valence-electron chi connectivity index (χ4n) is 2.88. The van der Waals surface area contributed by atoms with Gasteiger partial charge < -0.3 is 10.2 Å². The van der Waals surface area contributed by atoms with E-state index in [2.05, 4.69) is 24.4 Å². The van der Waals surface area contributed by atoms with Gasteiger partial charge in [-0.05, 0) is 24.1 Å². The van der Waals surface area contributed by atoms with Crippen LogP contribution in [0.4, 0.5) is 0 Å². The molecule has 0 amide bonds. The first-order valence-corrected chi connectivity index (χ1v) is 8.03. The molecule has 3 aromatic rings. The van der Waals surface area contributed by atoms with Crippen molar-refractivity contribution in [3.63, 3.8) is 0 Å². The molecule has 0 saturated carbocycles. The van der Waals surface area contributed by atoms with E-state index in [0.717, 1.165) is 11.1 Å². The highest BCUT2D eigenvalue weighted by atomic mass is 16.3. The molecule has 0 saturated heterocycles. The quantitative estimate of drug-likeness (QED) is 0.605. The number of hydrogen-bond donors (Lipinski definition) is 3. The number of hydrogen-bond acceptors (Lipinski definition) is 3. The second-order valence-electron chi connectivity index (χ2n) is 5.86. The van der Waals surface area contributed by atoms with Crippen molar-refractivity contribution in [3.8, 4) is 11.5 Å². The SMILES string of the molecule is C[C@H](N[C@@H](c1ccccc1)c1cccc(O)c1O)c1ccccc1. The number of benzene rings is 3. The smallest absolute Gasteiger partial charge is 0.162 e. The predicted octanol–water partition coefficient (Wildman–Crippen LogP) is 4.54. The Morgan fingerprint density at radius 1 is 0.708 bits per heavy atom. The maximum absolute atomic E-state index is 10.3. The van der Waals surface area contributed by atoms with Crippen LogP contribution in [0.2, 0.25) is 0 Å². The van der Waals surface area contributed by atoms with Crippen LogP contribution in [0, 0.1) is 0 Å². The Labute approximate surface area is 142 Å². The van der Waals surface area contributed by atoms with Crippen molar-refractivity contribution in [2.45, 2.75) is 19.0 Å². The minimum atomic E-state index is -0.228. The Morgan fingerprint density at radius 2 is 1.29 bits per heavy atom. The molecule has 0 radical (unpaired) electrons. The van der Waals surface area contributed by atoms with Gasteiger partial charge in [0.1, 0.15) is 0 Å². The molecular weight excluding hydrogens is 298 g/mol. The van der Waals surface area contributed by atoms with Gasteiger partial charge in [0.15, 0.2) is 11.5 Å². The fourth-order valence-corrected chi connectivity index (χ4v) is 2.88. The zero-order valence-corrected chi connectivity index (χ0v) is 13.6. The average Bonchev–Trinajstić information content (AvgIpc) is 2.63. The molecule has 24 heavy (non-hydrogen) atoms. The zero-order chi connectivity index (χ0) is 16.9. The number of nitrogens with one attached hydrogen (secondary N) is 1. The summed E-state index contributed by atoms with van der Waals surface area (Å²) in [5.41, 5.74) is 2.85. The van der Waals surface area contributed by atoms with Crippen LogP contribution in [0.3, 0.4) is 0 Å². The molecule has 0 aromatic heterocycles. The van der Waals surface area contributed by atoms with Gasteiger partial charge in [0.25, 0.3) is 0 Å². The van der Waals surface area contributed by atoms with E-state index in [1.54, 1.807) is 6.07 Å². The molecule has 3 heteroatoms. The van der Waals surface area contributed by atoms with Gasteiger partial charge in [-0.25, -0.2) is 0 Å². The third kappa shape index (κ3) is 3.42. The molecule has 2 atom stereocenters. The van der Waals surface area contributed by atoms with E-state index in [4.69, 9.17) is 0 Å². The molecule has 0 unspecified atom stereocenters. The van der Waals surface area contributed by atoms with Gasteiger partial charge in [-0.15, -0.1) is 0 Å². The van der Waals surface area contributed by atoms with E-state index < -0.39 is 0 Å². The van der Waals surface area contributed by atoms with Gasteiger partial charge in [-0.2, -0.15) is 0 Å². The van der Waals surface area contributed by atoms with E-state index in [0.29, 0.717) is 5.56 Å². The van der Waals surface area contributed by atoms with E-state index in [9.17, 15) is 10.2 Å². The third-order valence-corrected chi connectivity index (χ3v) is 4.21. The normalized spacial score (nSPS) is 13.4. The fraction of sp³-hybridized carbons (Fsp3) is 0.143. The van der Waals surface area contributed by atoms with Crippen LogP contribution in [0.1, 0.15) is 35.7 Å². The number of rotatable bonds is 5. The lowest BCUT2D eigenvalue weighted by molar-refractivity contribution is 0.391. The lowest BCUT2D eigenvalue weighted by Crippen LogP contribution is -2.25. The predicted molar refractivity (Wildman–Crippen MR) is 96.0 cm³/mol. The molecule has 0 spiro atoms. The van der Waals surface area contributed by atoms with Gasteiger partial charge >= 0.3 is 0 Å². The Morgan fingerprint density at radius 3 is 1.92 bits per heavy atom. The van der Waals surface area contributed by atoms with Crippen molar-refractivity contribution >= 4 is 0 Å². The van der Waals surface area contributed by atoms with Gasteiger partial charge in [-0.1, -0.05) is 72.8 Å². The molecule has 3 rings (SSSR count). The Balaban J connectivity index is 1.98. The van der Waals surface area contributed by atoms with Crippen molar-refractivity contribution in [1.82, 2.24) is 5.32 Å². The summed E-state index contributed by atoms with van der Waals surface area (Å²) < 4.78 is 0. The standard InChI is InChI=1S/C21H21NO2/c1-15(16-9-4-2-5-10-16)22-20(17-11-6-3-7-12-17)18-13-8-14-19(23)21(18)24/h2-15,20,22-24H,1H3/t15-,20-/m0/s1. The van der Waals surface area contributed by atoms with Crippen molar-refractivity contribution in [3.05, 3.63) is 95.6 Å².